The molecule has 0 aliphatic carbocycles. The zero-order valence-electron chi connectivity index (χ0n) is 17.3. The van der Waals surface area contributed by atoms with Crippen LogP contribution in [0.1, 0.15) is 31.2 Å². The number of aryl methyl sites for hydroxylation is 2. The molecule has 29 heavy (non-hydrogen) atoms. The van der Waals surface area contributed by atoms with E-state index in [9.17, 15) is 0 Å². The quantitative estimate of drug-likeness (QED) is 0.528. The molecule has 0 spiro atoms. The minimum Gasteiger partial charge on any atom is -0.497 e. The Hall–Kier alpha value is -3.35. The molecule has 0 amide bonds. The topological polar surface area (TPSA) is 81.2 Å². The van der Waals surface area contributed by atoms with Crippen LogP contribution in [0.5, 0.6) is 11.5 Å². The SMILES string of the molecule is CCCCc1ccc(Nc2nc(C)nc(Nc3ccc(OC)cc3OC)n2)cc1. The standard InChI is InChI=1S/C22H27N5O2/c1-5-6-7-16-8-10-17(11-9-16)25-21-23-15(2)24-22(27-21)26-19-13-12-18(28-3)14-20(19)29-4/h8-14H,5-7H2,1-4H3,(H2,23,24,25,26,27). The number of benzene rings is 2. The van der Waals surface area contributed by atoms with Gasteiger partial charge in [-0.3, -0.25) is 0 Å². The van der Waals surface area contributed by atoms with E-state index in [0.717, 1.165) is 17.8 Å². The second-order valence-corrected chi connectivity index (χ2v) is 6.65. The molecule has 7 heteroatoms. The van der Waals surface area contributed by atoms with E-state index in [0.29, 0.717) is 29.2 Å². The van der Waals surface area contributed by atoms with Crippen LogP contribution in [0.3, 0.4) is 0 Å². The third-order valence-corrected chi connectivity index (χ3v) is 4.43. The van der Waals surface area contributed by atoms with Crippen molar-refractivity contribution in [1.82, 2.24) is 15.0 Å². The monoisotopic (exact) mass is 393 g/mol. The lowest BCUT2D eigenvalue weighted by Crippen LogP contribution is -2.06. The first-order valence-electron chi connectivity index (χ1n) is 9.69. The maximum atomic E-state index is 5.43. The van der Waals surface area contributed by atoms with Gasteiger partial charge in [0, 0.05) is 11.8 Å². The summed E-state index contributed by atoms with van der Waals surface area (Å²) < 4.78 is 10.7. The van der Waals surface area contributed by atoms with Gasteiger partial charge in [-0.1, -0.05) is 25.5 Å². The lowest BCUT2D eigenvalue weighted by atomic mass is 10.1. The van der Waals surface area contributed by atoms with Gasteiger partial charge in [-0.05, 0) is 49.6 Å². The Bertz CT molecular complexity index is 944. The van der Waals surface area contributed by atoms with Gasteiger partial charge in [0.25, 0.3) is 0 Å². The van der Waals surface area contributed by atoms with Crippen LogP contribution in [0, 0.1) is 6.92 Å². The second kappa shape index (κ2) is 9.73. The Morgan fingerprint density at radius 2 is 1.59 bits per heavy atom. The number of rotatable bonds is 9. The van der Waals surface area contributed by atoms with Gasteiger partial charge < -0.3 is 20.1 Å². The van der Waals surface area contributed by atoms with E-state index < -0.39 is 0 Å². The second-order valence-electron chi connectivity index (χ2n) is 6.65. The first-order chi connectivity index (χ1) is 14.1. The van der Waals surface area contributed by atoms with Crippen molar-refractivity contribution in [2.75, 3.05) is 24.9 Å². The van der Waals surface area contributed by atoms with Gasteiger partial charge >= 0.3 is 0 Å². The van der Waals surface area contributed by atoms with Gasteiger partial charge in [-0.25, -0.2) is 0 Å². The fourth-order valence-corrected chi connectivity index (χ4v) is 2.88. The highest BCUT2D eigenvalue weighted by molar-refractivity contribution is 5.65. The molecule has 0 bridgehead atoms. The number of aromatic nitrogens is 3. The number of nitrogens with one attached hydrogen (secondary N) is 2. The largest absolute Gasteiger partial charge is 0.497 e. The zero-order chi connectivity index (χ0) is 20.6. The van der Waals surface area contributed by atoms with E-state index in [2.05, 4.69) is 44.6 Å². The van der Waals surface area contributed by atoms with E-state index in [1.54, 1.807) is 20.3 Å². The van der Waals surface area contributed by atoms with Crippen molar-refractivity contribution in [2.45, 2.75) is 33.1 Å². The molecular formula is C22H27N5O2. The summed E-state index contributed by atoms with van der Waals surface area (Å²) in [7, 11) is 3.22. The van der Waals surface area contributed by atoms with Crippen molar-refractivity contribution >= 4 is 23.3 Å². The Balaban J connectivity index is 1.76. The molecule has 0 fully saturated rings. The van der Waals surface area contributed by atoms with Crippen LogP contribution < -0.4 is 20.1 Å². The predicted molar refractivity (Wildman–Crippen MR) is 116 cm³/mol. The number of hydrogen-bond donors (Lipinski definition) is 2. The van der Waals surface area contributed by atoms with Gasteiger partial charge in [0.15, 0.2) is 0 Å². The number of ether oxygens (including phenoxy) is 2. The average Bonchev–Trinajstić information content (AvgIpc) is 2.73. The summed E-state index contributed by atoms with van der Waals surface area (Å²) in [4.78, 5) is 13.2. The van der Waals surface area contributed by atoms with Crippen LogP contribution in [0.2, 0.25) is 0 Å². The number of unbranched alkanes of at least 4 members (excludes halogenated alkanes) is 1. The molecule has 1 aromatic heterocycles. The number of methoxy groups -OCH3 is 2. The van der Waals surface area contributed by atoms with Crippen molar-refractivity contribution in [3.05, 3.63) is 53.9 Å². The van der Waals surface area contributed by atoms with Gasteiger partial charge in [-0.15, -0.1) is 0 Å². The fourth-order valence-electron chi connectivity index (χ4n) is 2.88. The Morgan fingerprint density at radius 1 is 0.862 bits per heavy atom. The van der Waals surface area contributed by atoms with Crippen molar-refractivity contribution in [2.24, 2.45) is 0 Å². The van der Waals surface area contributed by atoms with Gasteiger partial charge in [0.2, 0.25) is 11.9 Å². The molecule has 0 unspecified atom stereocenters. The number of nitrogens with zero attached hydrogens (tertiary/aromatic N) is 3. The number of anilines is 4. The minimum absolute atomic E-state index is 0.433. The van der Waals surface area contributed by atoms with Crippen molar-refractivity contribution in [1.29, 1.82) is 0 Å². The molecule has 0 aliphatic heterocycles. The highest BCUT2D eigenvalue weighted by atomic mass is 16.5. The smallest absolute Gasteiger partial charge is 0.232 e. The van der Waals surface area contributed by atoms with Crippen LogP contribution in [-0.2, 0) is 6.42 Å². The maximum Gasteiger partial charge on any atom is 0.232 e. The Labute approximate surface area is 171 Å². The lowest BCUT2D eigenvalue weighted by molar-refractivity contribution is 0.395. The zero-order valence-corrected chi connectivity index (χ0v) is 17.3. The van der Waals surface area contributed by atoms with E-state index in [4.69, 9.17) is 9.47 Å². The molecule has 0 saturated heterocycles. The summed E-state index contributed by atoms with van der Waals surface area (Å²) in [6.45, 7) is 4.03. The summed E-state index contributed by atoms with van der Waals surface area (Å²) >= 11 is 0. The Morgan fingerprint density at radius 3 is 2.24 bits per heavy atom. The molecule has 2 N–H and O–H groups in total. The molecule has 7 nitrogen and oxygen atoms in total. The van der Waals surface area contributed by atoms with Crippen LogP contribution in [0.25, 0.3) is 0 Å². The molecule has 0 aliphatic rings. The molecule has 3 rings (SSSR count). The summed E-state index contributed by atoms with van der Waals surface area (Å²) in [6.07, 6.45) is 3.49. The van der Waals surface area contributed by atoms with Crippen LogP contribution in [0.4, 0.5) is 23.3 Å². The predicted octanol–water partition coefficient (Wildman–Crippen LogP) is 5.03. The molecule has 1 heterocycles. The first kappa shape index (κ1) is 20.4. The lowest BCUT2D eigenvalue weighted by Gasteiger charge is -2.13. The molecular weight excluding hydrogens is 366 g/mol. The van der Waals surface area contributed by atoms with Crippen LogP contribution >= 0.6 is 0 Å². The minimum atomic E-state index is 0.433. The average molecular weight is 393 g/mol. The summed E-state index contributed by atoms with van der Waals surface area (Å²) in [5.41, 5.74) is 3.01. The van der Waals surface area contributed by atoms with Gasteiger partial charge in [0.05, 0.1) is 19.9 Å². The molecule has 0 atom stereocenters. The van der Waals surface area contributed by atoms with Crippen molar-refractivity contribution in [3.8, 4) is 11.5 Å². The number of hydrogen-bond acceptors (Lipinski definition) is 7. The molecule has 152 valence electrons. The maximum absolute atomic E-state index is 5.43. The van der Waals surface area contributed by atoms with Crippen molar-refractivity contribution in [3.63, 3.8) is 0 Å². The van der Waals surface area contributed by atoms with Gasteiger partial charge in [-0.2, -0.15) is 15.0 Å². The summed E-state index contributed by atoms with van der Waals surface area (Å²) in [5, 5.41) is 6.44. The molecule has 0 saturated carbocycles. The third-order valence-electron chi connectivity index (χ3n) is 4.43. The normalized spacial score (nSPS) is 10.5. The van der Waals surface area contributed by atoms with E-state index in [-0.39, 0.29) is 0 Å². The summed E-state index contributed by atoms with van der Waals surface area (Å²) in [6, 6.07) is 13.9. The fraction of sp³-hybridized carbons (Fsp3) is 0.318. The third kappa shape index (κ3) is 5.57. The Kier molecular flexibility index (Phi) is 6.84. The van der Waals surface area contributed by atoms with Crippen molar-refractivity contribution < 1.29 is 9.47 Å². The van der Waals surface area contributed by atoms with E-state index >= 15 is 0 Å². The summed E-state index contributed by atoms with van der Waals surface area (Å²) in [5.74, 6) is 2.87. The molecule has 2 aromatic carbocycles. The van der Waals surface area contributed by atoms with Gasteiger partial charge in [0.1, 0.15) is 17.3 Å². The highest BCUT2D eigenvalue weighted by Gasteiger charge is 2.09. The highest BCUT2D eigenvalue weighted by Crippen LogP contribution is 2.30. The first-order valence-corrected chi connectivity index (χ1v) is 9.69. The van der Waals surface area contributed by atoms with Crippen LogP contribution in [-0.4, -0.2) is 29.2 Å². The van der Waals surface area contributed by atoms with Crippen LogP contribution in [0.15, 0.2) is 42.5 Å². The van der Waals surface area contributed by atoms with E-state index in [1.807, 2.05) is 31.2 Å². The van der Waals surface area contributed by atoms with E-state index in [1.165, 1.54) is 18.4 Å². The molecule has 0 radical (unpaired) electrons. The molecule has 3 aromatic rings.